The average Bonchev–Trinajstić information content (AvgIpc) is 2.38. The molecule has 0 aliphatic carbocycles. The molecule has 100 valence electrons. The Kier molecular flexibility index (Phi) is 4.32. The van der Waals surface area contributed by atoms with Crippen molar-refractivity contribution in [1.29, 1.82) is 0 Å². The summed E-state index contributed by atoms with van der Waals surface area (Å²) < 4.78 is 0. The zero-order valence-corrected chi connectivity index (χ0v) is 12.2. The van der Waals surface area contributed by atoms with Crippen molar-refractivity contribution in [2.75, 3.05) is 11.4 Å². The molecule has 0 aliphatic rings. The summed E-state index contributed by atoms with van der Waals surface area (Å²) in [6.07, 6.45) is 0.710. The van der Waals surface area contributed by atoms with Gasteiger partial charge in [-0.2, -0.15) is 0 Å². The van der Waals surface area contributed by atoms with Crippen molar-refractivity contribution in [1.82, 2.24) is 4.98 Å². The Morgan fingerprint density at radius 2 is 2.00 bits per heavy atom. The van der Waals surface area contributed by atoms with Gasteiger partial charge in [0.25, 0.3) is 0 Å². The van der Waals surface area contributed by atoms with Crippen LogP contribution < -0.4 is 10.6 Å². The molecule has 1 aromatic carbocycles. The summed E-state index contributed by atoms with van der Waals surface area (Å²) in [6, 6.07) is 12.7. The van der Waals surface area contributed by atoms with Gasteiger partial charge in [-0.25, -0.2) is 4.98 Å². The van der Waals surface area contributed by atoms with E-state index >= 15 is 0 Å². The Morgan fingerprint density at radius 1 is 1.26 bits per heavy atom. The molecule has 0 bridgehead atoms. The molecular weight excluding hydrogens is 254 g/mol. The van der Waals surface area contributed by atoms with Crippen LogP contribution in [0.4, 0.5) is 5.82 Å². The molecule has 1 aromatic heterocycles. The van der Waals surface area contributed by atoms with E-state index in [-0.39, 0.29) is 0 Å². The number of pyridine rings is 1. The number of benzene rings is 1. The second kappa shape index (κ2) is 5.97. The van der Waals surface area contributed by atoms with E-state index in [0.29, 0.717) is 17.5 Å². The van der Waals surface area contributed by atoms with Crippen LogP contribution in [-0.2, 0) is 0 Å². The summed E-state index contributed by atoms with van der Waals surface area (Å²) in [7, 11) is 0. The first-order valence-corrected chi connectivity index (χ1v) is 6.89. The SMILES string of the molecule is CC(C)N(CCC(N)=S)c1ccc2ccccc2n1. The Balaban J connectivity index is 2.30. The van der Waals surface area contributed by atoms with Crippen molar-refractivity contribution in [3.8, 4) is 0 Å². The zero-order valence-electron chi connectivity index (χ0n) is 11.3. The van der Waals surface area contributed by atoms with Gasteiger partial charge < -0.3 is 10.6 Å². The lowest BCUT2D eigenvalue weighted by Gasteiger charge is -2.28. The fraction of sp³-hybridized carbons (Fsp3) is 0.333. The highest BCUT2D eigenvalue weighted by Crippen LogP contribution is 2.19. The largest absolute Gasteiger partial charge is 0.393 e. The number of aromatic nitrogens is 1. The number of anilines is 1. The van der Waals surface area contributed by atoms with Gasteiger partial charge in [0.1, 0.15) is 5.82 Å². The lowest BCUT2D eigenvalue weighted by Crippen LogP contribution is -2.34. The molecule has 0 amide bonds. The number of para-hydroxylation sites is 1. The summed E-state index contributed by atoms with van der Waals surface area (Å²) in [4.78, 5) is 7.49. The molecule has 0 saturated heterocycles. The van der Waals surface area contributed by atoms with Crippen molar-refractivity contribution >= 4 is 33.9 Å². The fourth-order valence-electron chi connectivity index (χ4n) is 2.08. The first-order chi connectivity index (χ1) is 9.08. The number of thiocarbonyl (C=S) groups is 1. The average molecular weight is 273 g/mol. The highest BCUT2D eigenvalue weighted by Gasteiger charge is 2.12. The van der Waals surface area contributed by atoms with E-state index in [1.165, 1.54) is 0 Å². The minimum Gasteiger partial charge on any atom is -0.393 e. The van der Waals surface area contributed by atoms with E-state index < -0.39 is 0 Å². The van der Waals surface area contributed by atoms with Crippen LogP contribution in [-0.4, -0.2) is 22.6 Å². The molecule has 1 heterocycles. The predicted molar refractivity (Wildman–Crippen MR) is 85.6 cm³/mol. The summed E-state index contributed by atoms with van der Waals surface area (Å²) in [5.41, 5.74) is 6.61. The number of hydrogen-bond acceptors (Lipinski definition) is 3. The number of nitrogens with zero attached hydrogens (tertiary/aromatic N) is 2. The van der Waals surface area contributed by atoms with Gasteiger partial charge in [-0.1, -0.05) is 30.4 Å². The molecule has 0 unspecified atom stereocenters. The molecule has 0 spiro atoms. The molecule has 4 heteroatoms. The Bertz CT molecular complexity index is 580. The third-order valence-electron chi connectivity index (χ3n) is 3.10. The lowest BCUT2D eigenvalue weighted by molar-refractivity contribution is 0.682. The van der Waals surface area contributed by atoms with Crippen molar-refractivity contribution in [2.24, 2.45) is 5.73 Å². The Labute approximate surface area is 119 Å². The quantitative estimate of drug-likeness (QED) is 0.850. The van der Waals surface area contributed by atoms with Crippen LogP contribution >= 0.6 is 12.2 Å². The molecule has 19 heavy (non-hydrogen) atoms. The minimum absolute atomic E-state index is 0.364. The summed E-state index contributed by atoms with van der Waals surface area (Å²) in [5.74, 6) is 0.977. The Hall–Kier alpha value is -1.68. The topological polar surface area (TPSA) is 42.1 Å². The molecule has 2 N–H and O–H groups in total. The molecular formula is C15H19N3S. The van der Waals surface area contributed by atoms with E-state index in [1.807, 2.05) is 18.2 Å². The third kappa shape index (κ3) is 3.41. The number of fused-ring (bicyclic) bond motifs is 1. The van der Waals surface area contributed by atoms with Gasteiger partial charge in [-0.15, -0.1) is 0 Å². The third-order valence-corrected chi connectivity index (χ3v) is 3.30. The smallest absolute Gasteiger partial charge is 0.129 e. The van der Waals surface area contributed by atoms with Crippen LogP contribution in [0.3, 0.4) is 0 Å². The molecule has 0 saturated carbocycles. The van der Waals surface area contributed by atoms with Crippen LogP contribution in [0, 0.1) is 0 Å². The van der Waals surface area contributed by atoms with Crippen LogP contribution in [0.15, 0.2) is 36.4 Å². The standard InChI is InChI=1S/C15H19N3S/c1-11(2)18(10-9-14(16)19)15-8-7-12-5-3-4-6-13(12)17-15/h3-8,11H,9-10H2,1-2H3,(H2,16,19). The highest BCUT2D eigenvalue weighted by atomic mass is 32.1. The molecule has 0 fully saturated rings. The maximum absolute atomic E-state index is 5.59. The molecule has 0 atom stereocenters. The van der Waals surface area contributed by atoms with Crippen molar-refractivity contribution in [3.05, 3.63) is 36.4 Å². The lowest BCUT2D eigenvalue weighted by atomic mass is 10.2. The summed E-state index contributed by atoms with van der Waals surface area (Å²) in [5, 5.41) is 1.16. The van der Waals surface area contributed by atoms with Crippen LogP contribution in [0.2, 0.25) is 0 Å². The maximum atomic E-state index is 5.59. The fourth-order valence-corrected chi connectivity index (χ4v) is 2.17. The molecule has 2 rings (SSSR count). The summed E-state index contributed by atoms with van der Waals surface area (Å²) in [6.45, 7) is 5.10. The minimum atomic E-state index is 0.364. The monoisotopic (exact) mass is 273 g/mol. The van der Waals surface area contributed by atoms with Crippen LogP contribution in [0.1, 0.15) is 20.3 Å². The van der Waals surface area contributed by atoms with Crippen molar-refractivity contribution in [3.63, 3.8) is 0 Å². The van der Waals surface area contributed by atoms with Gasteiger partial charge in [0.2, 0.25) is 0 Å². The van der Waals surface area contributed by atoms with E-state index in [0.717, 1.165) is 23.3 Å². The molecule has 2 aromatic rings. The van der Waals surface area contributed by atoms with Crippen molar-refractivity contribution < 1.29 is 0 Å². The van der Waals surface area contributed by atoms with Crippen LogP contribution in [0.5, 0.6) is 0 Å². The predicted octanol–water partition coefficient (Wildman–Crippen LogP) is 3.13. The van der Waals surface area contributed by atoms with Gasteiger partial charge >= 0.3 is 0 Å². The van der Waals surface area contributed by atoms with E-state index in [4.69, 9.17) is 22.9 Å². The van der Waals surface area contributed by atoms with Crippen LogP contribution in [0.25, 0.3) is 10.9 Å². The van der Waals surface area contributed by atoms with Crippen molar-refractivity contribution in [2.45, 2.75) is 26.3 Å². The number of rotatable bonds is 5. The normalized spacial score (nSPS) is 10.9. The van der Waals surface area contributed by atoms with E-state index in [1.54, 1.807) is 0 Å². The first kappa shape index (κ1) is 13.7. The van der Waals surface area contributed by atoms with Gasteiger partial charge in [0, 0.05) is 24.4 Å². The number of nitrogens with two attached hydrogens (primary N) is 1. The molecule has 3 nitrogen and oxygen atoms in total. The second-order valence-corrected chi connectivity index (χ2v) is 5.39. The van der Waals surface area contributed by atoms with Gasteiger partial charge in [0.15, 0.2) is 0 Å². The van der Waals surface area contributed by atoms with E-state index in [2.05, 4.69) is 36.9 Å². The van der Waals surface area contributed by atoms with Gasteiger partial charge in [-0.05, 0) is 32.0 Å². The highest BCUT2D eigenvalue weighted by molar-refractivity contribution is 7.80. The van der Waals surface area contributed by atoms with E-state index in [9.17, 15) is 0 Å². The Morgan fingerprint density at radius 3 is 2.68 bits per heavy atom. The molecule has 0 aliphatic heterocycles. The summed E-state index contributed by atoms with van der Waals surface area (Å²) >= 11 is 4.96. The second-order valence-electron chi connectivity index (χ2n) is 4.87. The first-order valence-electron chi connectivity index (χ1n) is 6.48. The molecule has 0 radical (unpaired) electrons. The zero-order chi connectivity index (χ0) is 13.8. The number of hydrogen-bond donors (Lipinski definition) is 1. The van der Waals surface area contributed by atoms with Gasteiger partial charge in [-0.3, -0.25) is 0 Å². The van der Waals surface area contributed by atoms with Gasteiger partial charge in [0.05, 0.1) is 10.5 Å². The maximum Gasteiger partial charge on any atom is 0.129 e.